The van der Waals surface area contributed by atoms with Crippen LogP contribution in [0.2, 0.25) is 0 Å². The molecule has 1 aromatic heterocycles. The van der Waals surface area contributed by atoms with Crippen LogP contribution in [-0.4, -0.2) is 35.2 Å². The van der Waals surface area contributed by atoms with Gasteiger partial charge in [-0.25, -0.2) is 0 Å². The average Bonchev–Trinajstić information content (AvgIpc) is 2.87. The Kier molecular flexibility index (Phi) is 3.47. The molecule has 0 saturated carbocycles. The van der Waals surface area contributed by atoms with Crippen LogP contribution < -0.4 is 5.32 Å². The normalized spacial score (nSPS) is 18.9. The largest absolute Gasteiger partial charge is 0.326 e. The minimum absolute atomic E-state index is 0.0583. The quantitative estimate of drug-likeness (QED) is 0.828. The van der Waals surface area contributed by atoms with Crippen LogP contribution in [-0.2, 0) is 9.59 Å². The molecular weight excluding hydrogens is 252 g/mol. The van der Waals surface area contributed by atoms with Crippen molar-refractivity contribution in [3.05, 3.63) is 21.9 Å². The van der Waals surface area contributed by atoms with Crippen LogP contribution in [0.3, 0.4) is 0 Å². The van der Waals surface area contributed by atoms with Crippen LogP contribution in [0.4, 0.5) is 0 Å². The first-order chi connectivity index (χ1) is 8.52. The molecule has 0 spiro atoms. The highest BCUT2D eigenvalue weighted by Gasteiger charge is 2.37. The zero-order chi connectivity index (χ0) is 13.3. The maximum absolute atomic E-state index is 12.3. The van der Waals surface area contributed by atoms with Crippen LogP contribution in [0, 0.1) is 6.92 Å². The Balaban J connectivity index is 2.21. The van der Waals surface area contributed by atoms with E-state index in [2.05, 4.69) is 5.32 Å². The molecule has 2 rings (SSSR count). The van der Waals surface area contributed by atoms with Gasteiger partial charge in [0.1, 0.15) is 6.04 Å². The summed E-state index contributed by atoms with van der Waals surface area (Å²) in [7, 11) is 0. The highest BCUT2D eigenvalue weighted by Crippen LogP contribution is 2.20. The van der Waals surface area contributed by atoms with Gasteiger partial charge < -0.3 is 4.90 Å². The van der Waals surface area contributed by atoms with Gasteiger partial charge in [-0.3, -0.25) is 19.7 Å². The van der Waals surface area contributed by atoms with Gasteiger partial charge in [0.05, 0.1) is 11.3 Å². The Hall–Kier alpha value is -1.69. The Morgan fingerprint density at radius 2 is 2.22 bits per heavy atom. The highest BCUT2D eigenvalue weighted by atomic mass is 32.1. The summed E-state index contributed by atoms with van der Waals surface area (Å²) in [5, 5.41) is 2.22. The number of amides is 3. The van der Waals surface area contributed by atoms with E-state index in [0.717, 1.165) is 4.88 Å². The first kappa shape index (κ1) is 12.8. The monoisotopic (exact) mass is 266 g/mol. The van der Waals surface area contributed by atoms with Crippen molar-refractivity contribution >= 4 is 29.1 Å². The summed E-state index contributed by atoms with van der Waals surface area (Å²) in [6.45, 7) is 4.12. The average molecular weight is 266 g/mol. The van der Waals surface area contributed by atoms with Crippen molar-refractivity contribution in [2.24, 2.45) is 0 Å². The topological polar surface area (TPSA) is 66.5 Å². The molecule has 96 valence electrons. The van der Waals surface area contributed by atoms with E-state index in [0.29, 0.717) is 11.4 Å². The predicted octanol–water partition coefficient (Wildman–Crippen LogP) is 0.934. The molecule has 3 amide bonds. The van der Waals surface area contributed by atoms with Crippen molar-refractivity contribution in [2.75, 3.05) is 6.54 Å². The Labute approximate surface area is 109 Å². The molecule has 18 heavy (non-hydrogen) atoms. The number of carbonyl (C=O) groups excluding carboxylic acids is 3. The second-order valence-corrected chi connectivity index (χ2v) is 5.42. The molecule has 0 bridgehead atoms. The molecule has 1 fully saturated rings. The van der Waals surface area contributed by atoms with Crippen molar-refractivity contribution in [1.82, 2.24) is 10.2 Å². The summed E-state index contributed by atoms with van der Waals surface area (Å²) in [6, 6.07) is 2.95. The van der Waals surface area contributed by atoms with E-state index in [9.17, 15) is 14.4 Å². The zero-order valence-electron chi connectivity index (χ0n) is 10.2. The highest BCUT2D eigenvalue weighted by molar-refractivity contribution is 7.13. The Bertz CT molecular complexity index is 509. The lowest BCUT2D eigenvalue weighted by Crippen LogP contribution is -2.44. The van der Waals surface area contributed by atoms with Crippen LogP contribution in [0.15, 0.2) is 12.1 Å². The molecule has 1 N–H and O–H groups in total. The lowest BCUT2D eigenvalue weighted by Gasteiger charge is -2.24. The lowest BCUT2D eigenvalue weighted by molar-refractivity contribution is -0.126. The van der Waals surface area contributed by atoms with E-state index >= 15 is 0 Å². The van der Waals surface area contributed by atoms with Gasteiger partial charge >= 0.3 is 0 Å². The van der Waals surface area contributed by atoms with Crippen molar-refractivity contribution in [2.45, 2.75) is 26.3 Å². The number of hydrogen-bond donors (Lipinski definition) is 1. The molecule has 0 aliphatic carbocycles. The molecule has 5 nitrogen and oxygen atoms in total. The van der Waals surface area contributed by atoms with Gasteiger partial charge in [0.15, 0.2) is 0 Å². The van der Waals surface area contributed by atoms with Crippen LogP contribution in [0.1, 0.15) is 27.9 Å². The SMILES string of the molecule is CCN(C(=O)c1ccc(C)s1)[C@H]1CC(=O)NC1=O. The van der Waals surface area contributed by atoms with Crippen molar-refractivity contribution in [3.63, 3.8) is 0 Å². The van der Waals surface area contributed by atoms with Crippen molar-refractivity contribution in [3.8, 4) is 0 Å². The van der Waals surface area contributed by atoms with Gasteiger partial charge in [0, 0.05) is 11.4 Å². The fourth-order valence-corrected chi connectivity index (χ4v) is 2.81. The first-order valence-corrected chi connectivity index (χ1v) is 6.55. The summed E-state index contributed by atoms with van der Waals surface area (Å²) in [5.41, 5.74) is 0. The van der Waals surface area contributed by atoms with Gasteiger partial charge in [-0.15, -0.1) is 11.3 Å². The number of nitrogens with one attached hydrogen (secondary N) is 1. The fourth-order valence-electron chi connectivity index (χ4n) is 1.99. The van der Waals surface area contributed by atoms with Gasteiger partial charge in [0.25, 0.3) is 5.91 Å². The lowest BCUT2D eigenvalue weighted by atomic mass is 10.2. The van der Waals surface area contributed by atoms with Gasteiger partial charge in [-0.2, -0.15) is 0 Å². The van der Waals surface area contributed by atoms with E-state index in [1.165, 1.54) is 16.2 Å². The molecule has 1 aromatic rings. The number of nitrogens with zero attached hydrogens (tertiary/aromatic N) is 1. The molecule has 0 aromatic carbocycles. The summed E-state index contributed by atoms with van der Waals surface area (Å²) in [5.74, 6) is -0.896. The third-order valence-electron chi connectivity index (χ3n) is 2.87. The summed E-state index contributed by atoms with van der Waals surface area (Å²) < 4.78 is 0. The van der Waals surface area contributed by atoms with E-state index in [4.69, 9.17) is 0 Å². The number of hydrogen-bond acceptors (Lipinski definition) is 4. The molecule has 0 radical (unpaired) electrons. The van der Waals surface area contributed by atoms with Crippen molar-refractivity contribution < 1.29 is 14.4 Å². The molecule has 1 atom stereocenters. The number of carbonyl (C=O) groups is 3. The smallest absolute Gasteiger partial charge is 0.264 e. The maximum atomic E-state index is 12.3. The molecule has 0 unspecified atom stereocenters. The van der Waals surface area contributed by atoms with E-state index in [-0.39, 0.29) is 24.1 Å². The number of thiophene rings is 1. The van der Waals surface area contributed by atoms with Crippen molar-refractivity contribution in [1.29, 1.82) is 0 Å². The van der Waals surface area contributed by atoms with E-state index in [1.807, 2.05) is 13.0 Å². The van der Waals surface area contributed by atoms with Crippen LogP contribution in [0.5, 0.6) is 0 Å². The number of aryl methyl sites for hydroxylation is 1. The molecule has 1 saturated heterocycles. The summed E-state index contributed by atoms with van der Waals surface area (Å²) in [4.78, 5) is 38.1. The Morgan fingerprint density at radius 1 is 1.50 bits per heavy atom. The van der Waals surface area contributed by atoms with Gasteiger partial charge in [-0.1, -0.05) is 0 Å². The third kappa shape index (κ3) is 2.28. The first-order valence-electron chi connectivity index (χ1n) is 5.74. The minimum Gasteiger partial charge on any atom is -0.326 e. The Morgan fingerprint density at radius 3 is 2.67 bits per heavy atom. The van der Waals surface area contributed by atoms with Gasteiger partial charge in [-0.05, 0) is 26.0 Å². The van der Waals surface area contributed by atoms with Gasteiger partial charge in [0.2, 0.25) is 11.8 Å². The standard InChI is InChI=1S/C12H14N2O3S/c1-3-14(8-6-10(15)13-11(8)16)12(17)9-5-4-7(2)18-9/h4-5,8H,3,6H2,1-2H3,(H,13,15,16)/t8-/m0/s1. The fraction of sp³-hybridized carbons (Fsp3) is 0.417. The van der Waals surface area contributed by atoms with E-state index < -0.39 is 6.04 Å². The zero-order valence-corrected chi connectivity index (χ0v) is 11.0. The maximum Gasteiger partial charge on any atom is 0.264 e. The summed E-state index contributed by atoms with van der Waals surface area (Å²) in [6.07, 6.45) is 0.0583. The summed E-state index contributed by atoms with van der Waals surface area (Å²) >= 11 is 1.39. The molecule has 1 aliphatic rings. The molecule has 1 aliphatic heterocycles. The van der Waals surface area contributed by atoms with Crippen LogP contribution in [0.25, 0.3) is 0 Å². The second-order valence-electron chi connectivity index (χ2n) is 4.13. The number of likely N-dealkylation sites (N-methyl/N-ethyl adjacent to an activating group) is 1. The molecule has 2 heterocycles. The minimum atomic E-state index is -0.669. The number of rotatable bonds is 3. The second kappa shape index (κ2) is 4.89. The predicted molar refractivity (Wildman–Crippen MR) is 67.3 cm³/mol. The van der Waals surface area contributed by atoms with E-state index in [1.54, 1.807) is 13.0 Å². The molecule has 6 heteroatoms. The molecular formula is C12H14N2O3S. The number of imide groups is 1. The third-order valence-corrected chi connectivity index (χ3v) is 3.86. The van der Waals surface area contributed by atoms with Crippen LogP contribution >= 0.6 is 11.3 Å².